The van der Waals surface area contributed by atoms with Gasteiger partial charge in [-0.1, -0.05) is 6.07 Å². The highest BCUT2D eigenvalue weighted by Gasteiger charge is 2.26. The Hall–Kier alpha value is -1.35. The number of likely N-dealkylation sites (tertiary alicyclic amines) is 1. The molecule has 2 aliphatic rings. The lowest BCUT2D eigenvalue weighted by Gasteiger charge is -2.19. The van der Waals surface area contributed by atoms with Crippen LogP contribution in [0.2, 0.25) is 0 Å². The number of amides is 1. The molecule has 1 atom stereocenters. The fourth-order valence-corrected chi connectivity index (χ4v) is 3.26. The first kappa shape index (κ1) is 12.7. The molecule has 1 amide bonds. The fourth-order valence-electron chi connectivity index (χ4n) is 3.26. The number of nitrogens with two attached hydrogens (primary N) is 1. The molecular weight excluding hydrogens is 236 g/mol. The molecule has 3 rings (SSSR count). The summed E-state index contributed by atoms with van der Waals surface area (Å²) in [5.74, 6) is 0.672. The molecule has 19 heavy (non-hydrogen) atoms. The lowest BCUT2D eigenvalue weighted by Crippen LogP contribution is -2.30. The second-order valence-corrected chi connectivity index (χ2v) is 5.83. The van der Waals surface area contributed by atoms with Crippen LogP contribution in [-0.2, 0) is 12.8 Å². The molecule has 1 fully saturated rings. The van der Waals surface area contributed by atoms with E-state index in [9.17, 15) is 4.79 Å². The van der Waals surface area contributed by atoms with Gasteiger partial charge in [-0.2, -0.15) is 0 Å². The molecular formula is C16H22N2O. The maximum absolute atomic E-state index is 12.5. The van der Waals surface area contributed by atoms with E-state index >= 15 is 0 Å². The molecule has 0 spiro atoms. The van der Waals surface area contributed by atoms with Gasteiger partial charge in [-0.05, 0) is 67.8 Å². The zero-order valence-corrected chi connectivity index (χ0v) is 11.4. The van der Waals surface area contributed by atoms with Crippen LogP contribution in [0.15, 0.2) is 18.2 Å². The molecule has 1 aromatic carbocycles. The minimum absolute atomic E-state index is 0.185. The smallest absolute Gasteiger partial charge is 0.253 e. The summed E-state index contributed by atoms with van der Waals surface area (Å²) in [6, 6.07) is 6.27. The number of aryl methyl sites for hydroxylation is 2. The molecule has 102 valence electrons. The van der Waals surface area contributed by atoms with Crippen LogP contribution in [0.1, 0.15) is 40.7 Å². The monoisotopic (exact) mass is 258 g/mol. The Kier molecular flexibility index (Phi) is 3.56. The number of fused-ring (bicyclic) bond motifs is 1. The van der Waals surface area contributed by atoms with Crippen LogP contribution in [0, 0.1) is 5.92 Å². The van der Waals surface area contributed by atoms with Crippen LogP contribution in [0.25, 0.3) is 0 Å². The predicted molar refractivity (Wildman–Crippen MR) is 76.1 cm³/mol. The van der Waals surface area contributed by atoms with Gasteiger partial charge < -0.3 is 10.6 Å². The van der Waals surface area contributed by atoms with Gasteiger partial charge >= 0.3 is 0 Å². The SMILES string of the molecule is NCC1CCN(C(=O)c2ccc3c(c2)CCCC3)C1. The zero-order valence-electron chi connectivity index (χ0n) is 11.4. The summed E-state index contributed by atoms with van der Waals surface area (Å²) in [5.41, 5.74) is 9.36. The van der Waals surface area contributed by atoms with E-state index in [4.69, 9.17) is 5.73 Å². The number of hydrogen-bond acceptors (Lipinski definition) is 2. The summed E-state index contributed by atoms with van der Waals surface area (Å²) in [6.45, 7) is 2.37. The average molecular weight is 258 g/mol. The Morgan fingerprint density at radius 2 is 2.05 bits per heavy atom. The Bertz CT molecular complexity index is 484. The molecule has 0 radical (unpaired) electrons. The van der Waals surface area contributed by atoms with Crippen molar-refractivity contribution in [2.45, 2.75) is 32.1 Å². The highest BCUT2D eigenvalue weighted by Crippen LogP contribution is 2.24. The number of carbonyl (C=O) groups is 1. The highest BCUT2D eigenvalue weighted by atomic mass is 16.2. The van der Waals surface area contributed by atoms with E-state index in [0.717, 1.165) is 31.5 Å². The number of carbonyl (C=O) groups excluding carboxylic acids is 1. The standard InChI is InChI=1S/C16H22N2O/c17-10-12-7-8-18(11-12)16(19)15-6-5-13-3-1-2-4-14(13)9-15/h5-6,9,12H,1-4,7-8,10-11,17H2. The summed E-state index contributed by atoms with van der Waals surface area (Å²) >= 11 is 0. The van der Waals surface area contributed by atoms with E-state index in [-0.39, 0.29) is 5.91 Å². The van der Waals surface area contributed by atoms with Gasteiger partial charge in [-0.25, -0.2) is 0 Å². The second-order valence-electron chi connectivity index (χ2n) is 5.83. The average Bonchev–Trinajstić information content (AvgIpc) is 2.95. The largest absolute Gasteiger partial charge is 0.338 e. The van der Waals surface area contributed by atoms with Crippen molar-refractivity contribution in [2.75, 3.05) is 19.6 Å². The van der Waals surface area contributed by atoms with Crippen molar-refractivity contribution < 1.29 is 4.79 Å². The molecule has 0 aromatic heterocycles. The van der Waals surface area contributed by atoms with Crippen LogP contribution in [0.4, 0.5) is 0 Å². The zero-order chi connectivity index (χ0) is 13.2. The lowest BCUT2D eigenvalue weighted by atomic mass is 9.90. The number of hydrogen-bond donors (Lipinski definition) is 1. The molecule has 3 nitrogen and oxygen atoms in total. The van der Waals surface area contributed by atoms with Crippen LogP contribution < -0.4 is 5.73 Å². The fraction of sp³-hybridized carbons (Fsp3) is 0.562. The second kappa shape index (κ2) is 5.33. The van der Waals surface area contributed by atoms with E-state index in [2.05, 4.69) is 12.1 Å². The first-order valence-electron chi connectivity index (χ1n) is 7.39. The maximum Gasteiger partial charge on any atom is 0.253 e. The number of benzene rings is 1. The van der Waals surface area contributed by atoms with E-state index in [1.165, 1.54) is 30.4 Å². The van der Waals surface area contributed by atoms with E-state index in [0.29, 0.717) is 12.5 Å². The Morgan fingerprint density at radius 1 is 1.26 bits per heavy atom. The third-order valence-electron chi connectivity index (χ3n) is 4.50. The van der Waals surface area contributed by atoms with Gasteiger partial charge in [0.25, 0.3) is 5.91 Å². The highest BCUT2D eigenvalue weighted by molar-refractivity contribution is 5.94. The van der Waals surface area contributed by atoms with E-state index in [1.807, 2.05) is 11.0 Å². The topological polar surface area (TPSA) is 46.3 Å². The van der Waals surface area contributed by atoms with Crippen LogP contribution in [0.5, 0.6) is 0 Å². The third kappa shape index (κ3) is 2.52. The first-order chi connectivity index (χ1) is 9.28. The Morgan fingerprint density at radius 3 is 2.79 bits per heavy atom. The number of nitrogens with zero attached hydrogens (tertiary/aromatic N) is 1. The van der Waals surface area contributed by atoms with Crippen molar-refractivity contribution in [3.05, 3.63) is 34.9 Å². The van der Waals surface area contributed by atoms with Crippen molar-refractivity contribution in [2.24, 2.45) is 11.7 Å². The van der Waals surface area contributed by atoms with Gasteiger partial charge in [0.2, 0.25) is 0 Å². The van der Waals surface area contributed by atoms with Gasteiger partial charge in [-0.3, -0.25) is 4.79 Å². The van der Waals surface area contributed by atoms with E-state index in [1.54, 1.807) is 0 Å². The molecule has 1 aliphatic heterocycles. The Labute approximate surface area is 114 Å². The normalized spacial score (nSPS) is 22.4. The van der Waals surface area contributed by atoms with Crippen molar-refractivity contribution >= 4 is 5.91 Å². The molecule has 0 saturated carbocycles. The minimum Gasteiger partial charge on any atom is -0.338 e. The predicted octanol–water partition coefficient (Wildman–Crippen LogP) is 1.99. The van der Waals surface area contributed by atoms with Gasteiger partial charge in [-0.15, -0.1) is 0 Å². The maximum atomic E-state index is 12.5. The molecule has 1 saturated heterocycles. The third-order valence-corrected chi connectivity index (χ3v) is 4.50. The lowest BCUT2D eigenvalue weighted by molar-refractivity contribution is 0.0787. The van der Waals surface area contributed by atoms with Gasteiger partial charge in [0.05, 0.1) is 0 Å². The van der Waals surface area contributed by atoms with Crippen molar-refractivity contribution in [3.8, 4) is 0 Å². The summed E-state index contributed by atoms with van der Waals surface area (Å²) in [4.78, 5) is 14.4. The minimum atomic E-state index is 0.185. The number of rotatable bonds is 2. The molecule has 1 unspecified atom stereocenters. The quantitative estimate of drug-likeness (QED) is 0.881. The van der Waals surface area contributed by atoms with Gasteiger partial charge in [0.15, 0.2) is 0 Å². The molecule has 1 heterocycles. The van der Waals surface area contributed by atoms with E-state index < -0.39 is 0 Å². The molecule has 1 aliphatic carbocycles. The van der Waals surface area contributed by atoms with Gasteiger partial charge in [0.1, 0.15) is 0 Å². The summed E-state index contributed by atoms with van der Waals surface area (Å²) in [6.07, 6.45) is 5.88. The summed E-state index contributed by atoms with van der Waals surface area (Å²) < 4.78 is 0. The molecule has 0 bridgehead atoms. The van der Waals surface area contributed by atoms with Crippen molar-refractivity contribution in [1.82, 2.24) is 4.90 Å². The van der Waals surface area contributed by atoms with Crippen LogP contribution in [-0.4, -0.2) is 30.4 Å². The molecule has 1 aromatic rings. The Balaban J connectivity index is 1.77. The van der Waals surface area contributed by atoms with Gasteiger partial charge in [0, 0.05) is 18.7 Å². The van der Waals surface area contributed by atoms with Crippen molar-refractivity contribution in [1.29, 1.82) is 0 Å². The molecule has 2 N–H and O–H groups in total. The summed E-state index contributed by atoms with van der Waals surface area (Å²) in [5, 5.41) is 0. The molecule has 3 heteroatoms. The summed E-state index contributed by atoms with van der Waals surface area (Å²) in [7, 11) is 0. The first-order valence-corrected chi connectivity index (χ1v) is 7.39. The van der Waals surface area contributed by atoms with Crippen LogP contribution >= 0.6 is 0 Å². The van der Waals surface area contributed by atoms with Crippen LogP contribution in [0.3, 0.4) is 0 Å². The van der Waals surface area contributed by atoms with Crippen molar-refractivity contribution in [3.63, 3.8) is 0 Å².